The minimum absolute atomic E-state index is 0.297. The van der Waals surface area contributed by atoms with E-state index in [-0.39, 0.29) is 0 Å². The summed E-state index contributed by atoms with van der Waals surface area (Å²) in [5.41, 5.74) is 0. The Kier molecular flexibility index (Phi) is 6.31. The number of nitrogens with zero attached hydrogens (tertiary/aromatic N) is 2. The van der Waals surface area contributed by atoms with Crippen LogP contribution in [-0.2, 0) is 4.79 Å². The minimum atomic E-state index is 0.297. The van der Waals surface area contributed by atoms with E-state index in [1.165, 1.54) is 58.3 Å². The lowest BCUT2D eigenvalue weighted by Crippen LogP contribution is -2.50. The smallest absolute Gasteiger partial charge is 0.140 e. The lowest BCUT2D eigenvalue weighted by Gasteiger charge is -2.40. The van der Waals surface area contributed by atoms with Gasteiger partial charge in [-0.2, -0.15) is 0 Å². The maximum atomic E-state index is 12.0. The van der Waals surface area contributed by atoms with E-state index in [0.717, 1.165) is 24.9 Å². The highest BCUT2D eigenvalue weighted by molar-refractivity contribution is 5.97. The van der Waals surface area contributed by atoms with Gasteiger partial charge in [0, 0.05) is 44.6 Å². The van der Waals surface area contributed by atoms with E-state index in [4.69, 9.17) is 0 Å². The van der Waals surface area contributed by atoms with E-state index in [1.54, 1.807) is 0 Å². The zero-order valence-electron chi connectivity index (χ0n) is 13.7. The lowest BCUT2D eigenvalue weighted by atomic mass is 9.94. The summed E-state index contributed by atoms with van der Waals surface area (Å²) < 4.78 is 0. The fourth-order valence-electron chi connectivity index (χ4n) is 3.97. The van der Waals surface area contributed by atoms with Gasteiger partial charge >= 0.3 is 0 Å². The van der Waals surface area contributed by atoms with Gasteiger partial charge in [-0.3, -0.25) is 9.69 Å². The number of carbonyl (C=O) groups is 1. The molecule has 2 saturated carbocycles. The first-order valence-corrected chi connectivity index (χ1v) is 9.04. The Morgan fingerprint density at radius 3 is 2.36 bits per heavy atom. The molecule has 0 aromatic heterocycles. The van der Waals surface area contributed by atoms with Crippen molar-refractivity contribution >= 4 is 5.78 Å². The predicted octanol–water partition coefficient (Wildman–Crippen LogP) is 2.69. The Morgan fingerprint density at radius 2 is 1.68 bits per heavy atom. The molecule has 3 aliphatic rings. The second-order valence-electron chi connectivity index (χ2n) is 6.87. The second-order valence-corrected chi connectivity index (χ2v) is 6.87. The summed E-state index contributed by atoms with van der Waals surface area (Å²) in [6.45, 7) is 5.88. The van der Waals surface area contributed by atoms with Crippen LogP contribution < -0.4 is 0 Å². The molecule has 0 N–H and O–H groups in total. The number of piperazine rings is 1. The molecule has 1 heterocycles. The summed E-state index contributed by atoms with van der Waals surface area (Å²) in [6.07, 6.45) is 16.5. The average molecular weight is 301 g/mol. The van der Waals surface area contributed by atoms with Gasteiger partial charge in [-0.1, -0.05) is 19.3 Å². The number of hydrogen-bond donors (Lipinski definition) is 0. The van der Waals surface area contributed by atoms with Crippen molar-refractivity contribution in [2.75, 3.05) is 32.7 Å². The lowest BCUT2D eigenvalue weighted by molar-refractivity contribution is -0.116. The van der Waals surface area contributed by atoms with Crippen LogP contribution in [-0.4, -0.2) is 54.3 Å². The number of ketones is 1. The number of rotatable bonds is 6. The summed E-state index contributed by atoms with van der Waals surface area (Å²) in [6, 6.07) is 0.856. The van der Waals surface area contributed by atoms with Gasteiger partial charge in [0.05, 0.1) is 0 Å². The van der Waals surface area contributed by atoms with Crippen LogP contribution >= 0.6 is 0 Å². The summed E-state index contributed by atoms with van der Waals surface area (Å²) in [4.78, 5) is 17.2. The van der Waals surface area contributed by atoms with Crippen molar-refractivity contribution in [3.63, 3.8) is 0 Å². The summed E-state index contributed by atoms with van der Waals surface area (Å²) in [5, 5.41) is 0. The van der Waals surface area contributed by atoms with Crippen LogP contribution in [0.2, 0.25) is 0 Å². The third-order valence-corrected chi connectivity index (χ3v) is 5.36. The topological polar surface area (TPSA) is 23.6 Å². The Balaban J connectivity index is 1.29. The van der Waals surface area contributed by atoms with Gasteiger partial charge in [0.1, 0.15) is 5.78 Å². The van der Waals surface area contributed by atoms with Gasteiger partial charge in [-0.25, -0.2) is 0 Å². The van der Waals surface area contributed by atoms with Crippen molar-refractivity contribution in [2.45, 2.75) is 51.0 Å². The zero-order chi connectivity index (χ0) is 15.2. The summed E-state index contributed by atoms with van der Waals surface area (Å²) in [5.74, 6) is 1.17. The Morgan fingerprint density at radius 1 is 1.00 bits per heavy atom. The van der Waals surface area contributed by atoms with Crippen molar-refractivity contribution in [1.82, 2.24) is 9.80 Å². The van der Waals surface area contributed by atoms with E-state index in [0.29, 0.717) is 12.2 Å². The molecule has 5 radical (unpaired) electrons. The normalized spacial score (nSPS) is 26.5. The van der Waals surface area contributed by atoms with E-state index in [1.807, 2.05) is 25.7 Å². The van der Waals surface area contributed by atoms with E-state index in [2.05, 4.69) is 9.80 Å². The number of Topliss-reactive ketones (excluding diaryl/α,β-unsaturated/α-hetero) is 1. The molecule has 1 saturated heterocycles. The highest BCUT2D eigenvalue weighted by Gasteiger charge is 2.26. The largest absolute Gasteiger partial charge is 0.301 e. The molecule has 3 fully saturated rings. The minimum Gasteiger partial charge on any atom is -0.301 e. The monoisotopic (exact) mass is 301 g/mol. The van der Waals surface area contributed by atoms with E-state index in [9.17, 15) is 4.79 Å². The highest BCUT2D eigenvalue weighted by atomic mass is 16.1. The SMILES string of the molecule is O=C(CCCN1CCN(C2CCCCC2)CC1)[C]1[CH][CH][CH][CH]1. The summed E-state index contributed by atoms with van der Waals surface area (Å²) in [7, 11) is 0. The molecule has 0 atom stereocenters. The third-order valence-electron chi connectivity index (χ3n) is 5.36. The maximum absolute atomic E-state index is 12.0. The molecule has 0 spiro atoms. The molecule has 0 unspecified atom stereocenters. The van der Waals surface area contributed by atoms with Crippen LogP contribution in [0.1, 0.15) is 44.9 Å². The molecule has 0 amide bonds. The molecule has 121 valence electrons. The van der Waals surface area contributed by atoms with Gasteiger partial charge in [-0.05, 0) is 51.5 Å². The van der Waals surface area contributed by atoms with Crippen LogP contribution in [0.15, 0.2) is 0 Å². The van der Waals surface area contributed by atoms with Gasteiger partial charge in [-0.15, -0.1) is 0 Å². The molecular weight excluding hydrogens is 272 g/mol. The fourth-order valence-corrected chi connectivity index (χ4v) is 3.97. The zero-order valence-corrected chi connectivity index (χ0v) is 13.7. The van der Waals surface area contributed by atoms with Crippen LogP contribution in [0.3, 0.4) is 0 Å². The fraction of sp³-hybridized carbons (Fsp3) is 0.684. The highest BCUT2D eigenvalue weighted by Crippen LogP contribution is 2.26. The van der Waals surface area contributed by atoms with E-state index >= 15 is 0 Å². The van der Waals surface area contributed by atoms with E-state index < -0.39 is 0 Å². The van der Waals surface area contributed by atoms with Crippen molar-refractivity contribution in [3.8, 4) is 0 Å². The molecule has 0 bridgehead atoms. The van der Waals surface area contributed by atoms with Crippen LogP contribution in [0, 0.1) is 31.6 Å². The quantitative estimate of drug-likeness (QED) is 0.753. The van der Waals surface area contributed by atoms with Gasteiger partial charge < -0.3 is 4.90 Å². The second kappa shape index (κ2) is 8.44. The molecule has 22 heavy (non-hydrogen) atoms. The molecular formula is C19H29N2O. The molecule has 2 aliphatic carbocycles. The Bertz CT molecular complexity index is 337. The van der Waals surface area contributed by atoms with Crippen LogP contribution in [0.25, 0.3) is 0 Å². The van der Waals surface area contributed by atoms with Crippen molar-refractivity contribution in [1.29, 1.82) is 0 Å². The average Bonchev–Trinajstić information content (AvgIpc) is 3.11. The number of carbonyl (C=O) groups excluding carboxylic acids is 1. The van der Waals surface area contributed by atoms with Crippen molar-refractivity contribution < 1.29 is 4.79 Å². The maximum Gasteiger partial charge on any atom is 0.140 e. The number of hydrogen-bond acceptors (Lipinski definition) is 3. The molecule has 3 heteroatoms. The molecule has 0 aromatic rings. The first kappa shape index (κ1) is 16.4. The standard InChI is InChI=1S/C19H29N2O/c22-19(17-7-4-5-8-17)11-6-12-20-13-15-21(16-14-20)18-9-2-1-3-10-18/h4-5,7-8,18H,1-3,6,9-16H2. The van der Waals surface area contributed by atoms with Crippen LogP contribution in [0.4, 0.5) is 0 Å². The molecule has 0 aromatic carbocycles. The van der Waals surface area contributed by atoms with Crippen molar-refractivity contribution in [2.24, 2.45) is 0 Å². The van der Waals surface area contributed by atoms with Gasteiger partial charge in [0.15, 0.2) is 0 Å². The predicted molar refractivity (Wildman–Crippen MR) is 89.6 cm³/mol. The molecule has 3 rings (SSSR count). The van der Waals surface area contributed by atoms with Gasteiger partial charge in [0.25, 0.3) is 0 Å². The third kappa shape index (κ3) is 4.55. The Hall–Kier alpha value is -0.410. The molecule has 3 nitrogen and oxygen atoms in total. The first-order valence-electron chi connectivity index (χ1n) is 9.04. The first-order chi connectivity index (χ1) is 10.8. The molecule has 1 aliphatic heterocycles. The summed E-state index contributed by atoms with van der Waals surface area (Å²) >= 11 is 0. The van der Waals surface area contributed by atoms with Crippen molar-refractivity contribution in [3.05, 3.63) is 31.6 Å². The van der Waals surface area contributed by atoms with Gasteiger partial charge in [0.2, 0.25) is 0 Å². The Labute approximate surface area is 136 Å². The van der Waals surface area contributed by atoms with Crippen LogP contribution in [0.5, 0.6) is 0 Å².